The van der Waals surface area contributed by atoms with E-state index in [4.69, 9.17) is 0 Å². The number of hydrogen-bond acceptors (Lipinski definition) is 4. The predicted molar refractivity (Wildman–Crippen MR) is 65.8 cm³/mol. The van der Waals surface area contributed by atoms with Crippen LogP contribution in [0.25, 0.3) is 0 Å². The van der Waals surface area contributed by atoms with Crippen LogP contribution in [0.2, 0.25) is 0 Å². The fourth-order valence-corrected chi connectivity index (χ4v) is 3.32. The lowest BCUT2D eigenvalue weighted by Gasteiger charge is -2.27. The van der Waals surface area contributed by atoms with E-state index >= 15 is 0 Å². The Morgan fingerprint density at radius 1 is 1.28 bits per heavy atom. The molecule has 2 aliphatic rings. The minimum absolute atomic E-state index is 0.0389. The van der Waals surface area contributed by atoms with Crippen molar-refractivity contribution in [3.63, 3.8) is 0 Å². The number of carbonyl (C=O) groups is 1. The molecule has 3 rings (SSSR count). The number of anilines is 1. The molecule has 0 spiro atoms. The van der Waals surface area contributed by atoms with Gasteiger partial charge in [-0.1, -0.05) is 0 Å². The van der Waals surface area contributed by atoms with E-state index in [9.17, 15) is 13.2 Å². The zero-order valence-electron chi connectivity index (χ0n) is 9.56. The van der Waals surface area contributed by atoms with E-state index in [1.807, 2.05) is 0 Å². The van der Waals surface area contributed by atoms with Crippen LogP contribution in [0, 0.1) is 0 Å². The first-order chi connectivity index (χ1) is 8.54. The molecule has 0 aromatic heterocycles. The lowest BCUT2D eigenvalue weighted by atomic mass is 10.2. The van der Waals surface area contributed by atoms with Crippen molar-refractivity contribution in [3.8, 4) is 0 Å². The molecule has 0 aliphatic carbocycles. The summed E-state index contributed by atoms with van der Waals surface area (Å²) in [5.41, 5.74) is 1.43. The van der Waals surface area contributed by atoms with Crippen molar-refractivity contribution in [1.29, 1.82) is 0 Å². The summed E-state index contributed by atoms with van der Waals surface area (Å²) in [7, 11) is -3.49. The van der Waals surface area contributed by atoms with Crippen molar-refractivity contribution in [2.24, 2.45) is 0 Å². The van der Waals surface area contributed by atoms with Gasteiger partial charge in [-0.3, -0.25) is 4.79 Å². The zero-order valence-corrected chi connectivity index (χ0v) is 10.4. The molecule has 18 heavy (non-hydrogen) atoms. The highest BCUT2D eigenvalue weighted by Gasteiger charge is 2.26. The molecular weight excluding hydrogens is 254 g/mol. The van der Waals surface area contributed by atoms with Crippen molar-refractivity contribution in [2.75, 3.05) is 18.4 Å². The average molecular weight is 267 g/mol. The maximum Gasteiger partial charge on any atom is 0.240 e. The number of carbonyl (C=O) groups excluding carboxylic acids is 1. The lowest BCUT2D eigenvalue weighted by Crippen LogP contribution is -2.56. The highest BCUT2D eigenvalue weighted by Crippen LogP contribution is 2.25. The van der Waals surface area contributed by atoms with E-state index in [-0.39, 0.29) is 23.3 Å². The molecule has 0 radical (unpaired) electrons. The Kier molecular flexibility index (Phi) is 2.61. The van der Waals surface area contributed by atoms with Crippen LogP contribution in [0.3, 0.4) is 0 Å². The highest BCUT2D eigenvalue weighted by molar-refractivity contribution is 7.89. The summed E-state index contributed by atoms with van der Waals surface area (Å²) < 4.78 is 26.8. The normalized spacial score (nSPS) is 19.2. The summed E-state index contributed by atoms with van der Waals surface area (Å²) in [5.74, 6) is -0.101. The van der Waals surface area contributed by atoms with Gasteiger partial charge in [-0.25, -0.2) is 13.1 Å². The van der Waals surface area contributed by atoms with E-state index in [1.54, 1.807) is 12.1 Å². The van der Waals surface area contributed by atoms with Crippen molar-refractivity contribution in [2.45, 2.75) is 17.4 Å². The van der Waals surface area contributed by atoms with Gasteiger partial charge in [0.25, 0.3) is 0 Å². The van der Waals surface area contributed by atoms with E-state index in [2.05, 4.69) is 15.4 Å². The van der Waals surface area contributed by atoms with Crippen LogP contribution >= 0.6 is 0 Å². The molecule has 1 aromatic rings. The zero-order chi connectivity index (χ0) is 12.8. The molecule has 0 bridgehead atoms. The number of amides is 1. The second-order valence-corrected chi connectivity index (χ2v) is 6.23. The van der Waals surface area contributed by atoms with E-state index in [0.29, 0.717) is 18.8 Å². The number of sulfonamides is 1. The Bertz CT molecular complexity index is 608. The summed E-state index contributed by atoms with van der Waals surface area (Å²) in [4.78, 5) is 11.4. The average Bonchev–Trinajstić information content (AvgIpc) is 2.62. The van der Waals surface area contributed by atoms with Gasteiger partial charge in [0.1, 0.15) is 0 Å². The van der Waals surface area contributed by atoms with Crippen LogP contribution in [-0.2, 0) is 21.2 Å². The molecule has 3 N–H and O–H groups in total. The molecule has 7 heteroatoms. The summed E-state index contributed by atoms with van der Waals surface area (Å²) >= 11 is 0. The monoisotopic (exact) mass is 267 g/mol. The standard InChI is InChI=1S/C11H13N3O3S/c15-11-4-7-3-9(1-2-10(7)13-11)18(16,17)14-8-5-12-6-8/h1-3,8,12,14H,4-6H2,(H,13,15). The summed E-state index contributed by atoms with van der Waals surface area (Å²) in [5, 5.41) is 5.68. The first-order valence-electron chi connectivity index (χ1n) is 5.70. The molecule has 1 saturated heterocycles. The Morgan fingerprint density at radius 3 is 2.72 bits per heavy atom. The maximum absolute atomic E-state index is 12.1. The van der Waals surface area contributed by atoms with Crippen molar-refractivity contribution in [3.05, 3.63) is 23.8 Å². The van der Waals surface area contributed by atoms with Crippen molar-refractivity contribution >= 4 is 21.6 Å². The third-order valence-corrected chi connectivity index (χ3v) is 4.63. The molecule has 2 aliphatic heterocycles. The van der Waals surface area contributed by atoms with Gasteiger partial charge >= 0.3 is 0 Å². The number of fused-ring (bicyclic) bond motifs is 1. The first kappa shape index (κ1) is 11.6. The largest absolute Gasteiger partial charge is 0.326 e. The SMILES string of the molecule is O=C1Cc2cc(S(=O)(=O)NC3CNC3)ccc2N1. The minimum Gasteiger partial charge on any atom is -0.326 e. The molecule has 2 heterocycles. The Balaban J connectivity index is 1.88. The van der Waals surface area contributed by atoms with Crippen LogP contribution in [0.4, 0.5) is 5.69 Å². The van der Waals surface area contributed by atoms with Crippen LogP contribution < -0.4 is 15.4 Å². The molecule has 0 unspecified atom stereocenters. The quantitative estimate of drug-likeness (QED) is 0.684. The smallest absolute Gasteiger partial charge is 0.240 e. The molecule has 96 valence electrons. The maximum atomic E-state index is 12.1. The van der Waals surface area contributed by atoms with Gasteiger partial charge in [-0.15, -0.1) is 0 Å². The van der Waals surface area contributed by atoms with E-state index < -0.39 is 10.0 Å². The third kappa shape index (κ3) is 2.00. The second-order valence-electron chi connectivity index (χ2n) is 4.52. The number of hydrogen-bond donors (Lipinski definition) is 3. The molecule has 6 nitrogen and oxygen atoms in total. The predicted octanol–water partition coefficient (Wildman–Crippen LogP) is -0.569. The Labute approximate surface area is 105 Å². The summed E-state index contributed by atoms with van der Waals surface area (Å²) in [6, 6.07) is 4.66. The van der Waals surface area contributed by atoms with Crippen molar-refractivity contribution < 1.29 is 13.2 Å². The fraction of sp³-hybridized carbons (Fsp3) is 0.364. The Morgan fingerprint density at radius 2 is 2.06 bits per heavy atom. The van der Waals surface area contributed by atoms with E-state index in [1.165, 1.54) is 6.07 Å². The molecule has 0 saturated carbocycles. The van der Waals surface area contributed by atoms with Gasteiger partial charge in [-0.05, 0) is 23.8 Å². The molecule has 1 aromatic carbocycles. The molecule has 1 amide bonds. The topological polar surface area (TPSA) is 87.3 Å². The van der Waals surface area contributed by atoms with Crippen LogP contribution in [0.5, 0.6) is 0 Å². The summed E-state index contributed by atoms with van der Waals surface area (Å²) in [6.07, 6.45) is 0.240. The summed E-state index contributed by atoms with van der Waals surface area (Å²) in [6.45, 7) is 1.31. The van der Waals surface area contributed by atoms with Crippen LogP contribution in [0.1, 0.15) is 5.56 Å². The van der Waals surface area contributed by atoms with Gasteiger partial charge in [0.15, 0.2) is 0 Å². The van der Waals surface area contributed by atoms with Crippen molar-refractivity contribution in [1.82, 2.24) is 10.0 Å². The third-order valence-electron chi connectivity index (χ3n) is 3.12. The Hall–Kier alpha value is -1.44. The fourth-order valence-electron chi connectivity index (χ4n) is 2.03. The molecule has 1 fully saturated rings. The molecular formula is C11H13N3O3S. The van der Waals surface area contributed by atoms with Gasteiger partial charge in [-0.2, -0.15) is 0 Å². The first-order valence-corrected chi connectivity index (χ1v) is 7.19. The minimum atomic E-state index is -3.49. The number of nitrogens with one attached hydrogen (secondary N) is 3. The molecule has 0 atom stereocenters. The van der Waals surface area contributed by atoms with Crippen LogP contribution in [0.15, 0.2) is 23.1 Å². The highest BCUT2D eigenvalue weighted by atomic mass is 32.2. The van der Waals surface area contributed by atoms with Gasteiger partial charge in [0.2, 0.25) is 15.9 Å². The van der Waals surface area contributed by atoms with Gasteiger partial charge < -0.3 is 10.6 Å². The van der Waals surface area contributed by atoms with Gasteiger partial charge in [0, 0.05) is 24.8 Å². The second kappa shape index (κ2) is 4.04. The van der Waals surface area contributed by atoms with E-state index in [0.717, 1.165) is 5.56 Å². The van der Waals surface area contributed by atoms with Crippen LogP contribution in [-0.4, -0.2) is 33.5 Å². The number of rotatable bonds is 3. The lowest BCUT2D eigenvalue weighted by molar-refractivity contribution is -0.115. The number of benzene rings is 1. The van der Waals surface area contributed by atoms with Gasteiger partial charge in [0.05, 0.1) is 11.3 Å².